The number of aliphatic hydroxyl groups is 11. The third-order valence-electron chi connectivity index (χ3n) is 19.5. The zero-order chi connectivity index (χ0) is 70.4. The number of amides is 2. The standard InChI is InChI=1S/C73H136N2O21/c1-4-6-8-10-12-14-16-18-20-22-23-24-25-26-27-28-29-30-31-33-35-37-39-41-43-45-47-60(83)75-54(55(80)46-44-42-40-38-36-34-32-21-19-17-15-13-11-9-7-5-2)52-91-70-65(87)64(86)67(59(51-78)93-70)94-71-66(88)69(63(85)58(50-77)92-71)96-73(72(89)90)48-56(81)61(74-53(3)79)68(95-73)62(84)57(82)49-76/h44,46,54-59,61-71,76-78,80-82,84-88H,4-43,45,47-52H2,1-3H3,(H,74,79)(H,75,83)(H,89,90)/b46-44+. The molecule has 0 aromatic heterocycles. The average Bonchev–Trinajstić information content (AvgIpc) is 0.758. The second kappa shape index (κ2) is 53.3. The number of carboxylic acid groups (broad SMARTS) is 1. The van der Waals surface area contributed by atoms with Crippen molar-refractivity contribution in [2.24, 2.45) is 0 Å². The maximum atomic E-state index is 13.5. The molecule has 18 unspecified atom stereocenters. The van der Waals surface area contributed by atoms with Crippen LogP contribution >= 0.6 is 0 Å². The van der Waals surface area contributed by atoms with Gasteiger partial charge < -0.3 is 100 Å². The smallest absolute Gasteiger partial charge is 0.364 e. The fourth-order valence-electron chi connectivity index (χ4n) is 13.4. The van der Waals surface area contributed by atoms with E-state index in [9.17, 15) is 75.7 Å². The molecule has 2 amide bonds. The molecule has 564 valence electrons. The van der Waals surface area contributed by atoms with Crippen LogP contribution < -0.4 is 10.6 Å². The fourth-order valence-corrected chi connectivity index (χ4v) is 13.4. The van der Waals surface area contributed by atoms with Crippen LogP contribution in [-0.4, -0.2) is 215 Å². The number of ether oxygens (including phenoxy) is 6. The molecule has 0 bridgehead atoms. The Labute approximate surface area is 575 Å². The molecule has 3 rings (SSSR count). The van der Waals surface area contributed by atoms with Gasteiger partial charge in [0.05, 0.1) is 50.7 Å². The summed E-state index contributed by atoms with van der Waals surface area (Å²) in [7, 11) is 0. The number of aliphatic carboxylic acids is 1. The molecule has 0 aromatic rings. The average molecular weight is 1380 g/mol. The fraction of sp³-hybridized carbons (Fsp3) is 0.932. The maximum Gasteiger partial charge on any atom is 0.364 e. The van der Waals surface area contributed by atoms with Gasteiger partial charge in [-0.3, -0.25) is 9.59 Å². The van der Waals surface area contributed by atoms with Crippen molar-refractivity contribution < 1.29 is 104 Å². The highest BCUT2D eigenvalue weighted by Gasteiger charge is 2.60. The van der Waals surface area contributed by atoms with Crippen LogP contribution in [0.15, 0.2) is 12.2 Å². The number of aliphatic hydroxyl groups excluding tert-OH is 11. The van der Waals surface area contributed by atoms with Gasteiger partial charge in [0, 0.05) is 19.8 Å². The third-order valence-corrected chi connectivity index (χ3v) is 19.5. The minimum absolute atomic E-state index is 0.205. The molecular weight excluding hydrogens is 1240 g/mol. The van der Waals surface area contributed by atoms with Crippen molar-refractivity contribution in [1.82, 2.24) is 10.6 Å². The first-order valence-corrected chi connectivity index (χ1v) is 38.1. The SMILES string of the molecule is CCCCCCCCCCCCCCCC/C=C/C(O)C(COC1OC(CO)C(OC2OC(CO)C(O)C(OC3(C(=O)O)CC(O)C(NC(C)=O)C(C(O)C(O)CO)O3)C2O)C(O)C1O)NC(=O)CCCCCCCCCCCCCCCCCCCCCCCCCCCC. The molecule has 3 aliphatic rings. The Balaban J connectivity index is 1.53. The Morgan fingerprint density at radius 2 is 0.969 bits per heavy atom. The molecule has 3 saturated heterocycles. The van der Waals surface area contributed by atoms with Crippen LogP contribution in [0.4, 0.5) is 0 Å². The van der Waals surface area contributed by atoms with Gasteiger partial charge >= 0.3 is 5.97 Å². The van der Waals surface area contributed by atoms with E-state index in [0.717, 1.165) is 51.9 Å². The topological polar surface area (TPSA) is 373 Å². The molecular formula is C73H136N2O21. The number of carboxylic acids is 1. The van der Waals surface area contributed by atoms with Crippen LogP contribution in [0.25, 0.3) is 0 Å². The van der Waals surface area contributed by atoms with E-state index in [0.29, 0.717) is 12.8 Å². The number of carbonyl (C=O) groups is 3. The lowest BCUT2D eigenvalue weighted by molar-refractivity contribution is -0.386. The van der Waals surface area contributed by atoms with Gasteiger partial charge in [0.1, 0.15) is 67.1 Å². The van der Waals surface area contributed by atoms with Crippen LogP contribution in [-0.2, 0) is 42.8 Å². The van der Waals surface area contributed by atoms with Crippen molar-refractivity contribution >= 4 is 17.8 Å². The number of hydrogen-bond donors (Lipinski definition) is 14. The summed E-state index contributed by atoms with van der Waals surface area (Å²) in [5, 5.41) is 136. The van der Waals surface area contributed by atoms with Crippen molar-refractivity contribution in [3.8, 4) is 0 Å². The normalized spacial score (nSPS) is 27.6. The molecule has 96 heavy (non-hydrogen) atoms. The molecule has 0 aromatic carbocycles. The van der Waals surface area contributed by atoms with Crippen LogP contribution in [0, 0.1) is 0 Å². The first-order chi connectivity index (χ1) is 46.4. The number of hydrogen-bond acceptors (Lipinski definition) is 20. The minimum Gasteiger partial charge on any atom is -0.477 e. The summed E-state index contributed by atoms with van der Waals surface area (Å²) in [6.45, 7) is 2.17. The lowest BCUT2D eigenvalue weighted by Gasteiger charge is -2.50. The largest absolute Gasteiger partial charge is 0.477 e. The summed E-state index contributed by atoms with van der Waals surface area (Å²) in [4.78, 5) is 38.6. The van der Waals surface area contributed by atoms with Gasteiger partial charge in [0.2, 0.25) is 11.8 Å². The van der Waals surface area contributed by atoms with Crippen LogP contribution in [0.3, 0.4) is 0 Å². The van der Waals surface area contributed by atoms with E-state index in [-0.39, 0.29) is 12.3 Å². The van der Waals surface area contributed by atoms with E-state index in [1.165, 1.54) is 205 Å². The third kappa shape index (κ3) is 34.4. The molecule has 0 radical (unpaired) electrons. The highest BCUT2D eigenvalue weighted by atomic mass is 16.8. The van der Waals surface area contributed by atoms with Crippen molar-refractivity contribution in [3.05, 3.63) is 12.2 Å². The summed E-state index contributed by atoms with van der Waals surface area (Å²) < 4.78 is 34.9. The van der Waals surface area contributed by atoms with E-state index in [1.54, 1.807) is 6.08 Å². The van der Waals surface area contributed by atoms with Crippen molar-refractivity contribution in [1.29, 1.82) is 0 Å². The van der Waals surface area contributed by atoms with Crippen LogP contribution in [0.1, 0.15) is 297 Å². The van der Waals surface area contributed by atoms with Crippen molar-refractivity contribution in [2.75, 3.05) is 26.4 Å². The Hall–Kier alpha value is -2.53. The molecule has 18 atom stereocenters. The van der Waals surface area contributed by atoms with Gasteiger partial charge in [-0.05, 0) is 19.3 Å². The second-order valence-corrected chi connectivity index (χ2v) is 27.9. The van der Waals surface area contributed by atoms with E-state index in [1.807, 2.05) is 6.08 Å². The summed E-state index contributed by atoms with van der Waals surface area (Å²) in [5.74, 6) is -6.13. The molecule has 23 heteroatoms. The molecule has 14 N–H and O–H groups in total. The van der Waals surface area contributed by atoms with Gasteiger partial charge in [-0.25, -0.2) is 4.79 Å². The molecule has 3 fully saturated rings. The number of allylic oxidation sites excluding steroid dienone is 1. The summed E-state index contributed by atoms with van der Waals surface area (Å²) in [6, 6.07) is -2.61. The Morgan fingerprint density at radius 3 is 1.39 bits per heavy atom. The van der Waals surface area contributed by atoms with Gasteiger partial charge in [-0.15, -0.1) is 0 Å². The van der Waals surface area contributed by atoms with Gasteiger partial charge in [-0.2, -0.15) is 0 Å². The number of unbranched alkanes of at least 4 members (excludes halogenated alkanes) is 39. The molecule has 3 heterocycles. The summed E-state index contributed by atoms with van der Waals surface area (Å²) in [5.41, 5.74) is 0. The molecule has 3 aliphatic heterocycles. The summed E-state index contributed by atoms with van der Waals surface area (Å²) in [6.07, 6.45) is 25.4. The molecule has 0 aliphatic carbocycles. The Kier molecular flexibility index (Phi) is 48.7. The number of carbonyl (C=O) groups excluding carboxylic acids is 2. The quantitative estimate of drug-likeness (QED) is 0.0200. The lowest BCUT2D eigenvalue weighted by Crippen LogP contribution is -2.70. The van der Waals surface area contributed by atoms with Gasteiger partial charge in [-0.1, -0.05) is 270 Å². The van der Waals surface area contributed by atoms with E-state index in [4.69, 9.17) is 28.4 Å². The Morgan fingerprint density at radius 1 is 0.542 bits per heavy atom. The predicted octanol–water partition coefficient (Wildman–Crippen LogP) is 8.63. The zero-order valence-corrected chi connectivity index (χ0v) is 59.2. The second-order valence-electron chi connectivity index (χ2n) is 27.9. The molecule has 0 spiro atoms. The molecule has 0 saturated carbocycles. The van der Waals surface area contributed by atoms with E-state index < -0.39 is 155 Å². The predicted molar refractivity (Wildman–Crippen MR) is 366 cm³/mol. The van der Waals surface area contributed by atoms with Crippen LogP contribution in [0.2, 0.25) is 0 Å². The number of nitrogens with one attached hydrogen (secondary N) is 2. The van der Waals surface area contributed by atoms with E-state index >= 15 is 0 Å². The van der Waals surface area contributed by atoms with Gasteiger partial charge in [0.15, 0.2) is 12.6 Å². The number of rotatable bonds is 59. The lowest BCUT2D eigenvalue weighted by atomic mass is 9.88. The minimum atomic E-state index is -3.08. The maximum absolute atomic E-state index is 13.5. The first-order valence-electron chi connectivity index (χ1n) is 38.1. The van der Waals surface area contributed by atoms with Crippen molar-refractivity contribution in [3.63, 3.8) is 0 Å². The van der Waals surface area contributed by atoms with Crippen molar-refractivity contribution in [2.45, 2.75) is 407 Å². The summed E-state index contributed by atoms with van der Waals surface area (Å²) >= 11 is 0. The first kappa shape index (κ1) is 87.7. The molecule has 23 nitrogen and oxygen atoms in total. The van der Waals surface area contributed by atoms with Crippen LogP contribution in [0.5, 0.6) is 0 Å². The highest BCUT2D eigenvalue weighted by molar-refractivity contribution is 5.77. The van der Waals surface area contributed by atoms with Gasteiger partial charge in [0.25, 0.3) is 5.79 Å². The van der Waals surface area contributed by atoms with E-state index in [2.05, 4.69) is 24.5 Å². The highest BCUT2D eigenvalue weighted by Crippen LogP contribution is 2.39. The Bertz CT molecular complexity index is 1980. The monoisotopic (exact) mass is 1380 g/mol. The zero-order valence-electron chi connectivity index (χ0n) is 59.2.